The Balaban J connectivity index is 1.28. The van der Waals surface area contributed by atoms with Crippen molar-refractivity contribution >= 4 is 50.6 Å². The highest BCUT2D eigenvalue weighted by atomic mass is 28.3. The molecule has 0 spiro atoms. The van der Waals surface area contributed by atoms with Gasteiger partial charge in [0.2, 0.25) is 0 Å². The summed E-state index contributed by atoms with van der Waals surface area (Å²) in [4.78, 5) is 0. The highest BCUT2D eigenvalue weighted by Crippen LogP contribution is 2.48. The topological polar surface area (TPSA) is 4.93 Å². The molecule has 1 nitrogen and oxygen atoms in total. The van der Waals surface area contributed by atoms with Gasteiger partial charge in [-0.2, -0.15) is 0 Å². The normalized spacial score (nSPS) is 16.3. The van der Waals surface area contributed by atoms with Crippen molar-refractivity contribution in [3.05, 3.63) is 199 Å². The molecule has 2 heterocycles. The van der Waals surface area contributed by atoms with Crippen LogP contribution in [0.5, 0.6) is 0 Å². The van der Waals surface area contributed by atoms with Crippen LogP contribution in [0.1, 0.15) is 25.0 Å². The maximum Gasteiger partial charge on any atom is 0.180 e. The Morgan fingerprint density at radius 2 is 1.06 bits per heavy atom. The van der Waals surface area contributed by atoms with E-state index in [0.717, 1.165) is 0 Å². The number of rotatable bonds is 4. The monoisotopic (exact) mass is 691 g/mol. The minimum Gasteiger partial charge on any atom is -0.309 e. The van der Waals surface area contributed by atoms with E-state index in [-0.39, 0.29) is 5.41 Å². The molecule has 1 aliphatic carbocycles. The lowest BCUT2D eigenvalue weighted by Crippen LogP contribution is -2.72. The second-order valence-corrected chi connectivity index (χ2v) is 19.0. The van der Waals surface area contributed by atoms with Crippen LogP contribution in [0.25, 0.3) is 60.9 Å². The van der Waals surface area contributed by atoms with Gasteiger partial charge in [-0.3, -0.25) is 0 Å². The molecule has 11 rings (SSSR count). The minimum atomic E-state index is -2.86. The summed E-state index contributed by atoms with van der Waals surface area (Å²) in [5.41, 5.74) is 14.5. The van der Waals surface area contributed by atoms with Crippen LogP contribution in [-0.2, 0) is 5.41 Å². The first-order chi connectivity index (χ1) is 26.1. The Morgan fingerprint density at radius 1 is 0.434 bits per heavy atom. The smallest absolute Gasteiger partial charge is 0.180 e. The Morgan fingerprint density at radius 3 is 1.87 bits per heavy atom. The molecular weight excluding hydrogens is 655 g/mol. The second-order valence-electron chi connectivity index (χ2n) is 15.2. The third-order valence-corrected chi connectivity index (χ3v) is 17.1. The summed E-state index contributed by atoms with van der Waals surface area (Å²) >= 11 is 0. The first-order valence-corrected chi connectivity index (χ1v) is 20.7. The van der Waals surface area contributed by atoms with Crippen LogP contribution in [0, 0.1) is 0 Å². The van der Waals surface area contributed by atoms with Gasteiger partial charge in [-0.1, -0.05) is 184 Å². The highest BCUT2D eigenvalue weighted by molar-refractivity contribution is 7.22. The van der Waals surface area contributed by atoms with Crippen molar-refractivity contribution in [1.29, 1.82) is 0 Å². The third kappa shape index (κ3) is 4.07. The SMILES string of the molecule is CC1(C)c2ccccc2-c2cc([Si]3(c4ccc(-c5ccccc5)cc4)c4ccccc4-c4c3ccc3c5ccccc5n(-c5ccccc5)c43)ccc21. The minimum absolute atomic E-state index is 0.0508. The summed E-state index contributed by atoms with van der Waals surface area (Å²) in [5.74, 6) is 0. The van der Waals surface area contributed by atoms with Crippen LogP contribution >= 0.6 is 0 Å². The molecule has 2 aliphatic rings. The summed E-state index contributed by atoms with van der Waals surface area (Å²) in [6, 6.07) is 71.0. The molecule has 1 aromatic heterocycles. The molecule has 0 N–H and O–H groups in total. The molecule has 0 fully saturated rings. The third-order valence-electron chi connectivity index (χ3n) is 12.3. The summed E-state index contributed by atoms with van der Waals surface area (Å²) in [6.45, 7) is 4.76. The summed E-state index contributed by atoms with van der Waals surface area (Å²) in [5, 5.41) is 8.36. The molecule has 2 heteroatoms. The quantitative estimate of drug-likeness (QED) is 0.162. The molecule has 250 valence electrons. The Bertz CT molecular complexity index is 2900. The molecule has 1 unspecified atom stereocenters. The molecule has 0 saturated carbocycles. The molecule has 1 atom stereocenters. The van der Waals surface area contributed by atoms with E-state index in [9.17, 15) is 0 Å². The average Bonchev–Trinajstić information content (AvgIpc) is 3.80. The van der Waals surface area contributed by atoms with Crippen LogP contribution in [0.2, 0.25) is 0 Å². The summed E-state index contributed by atoms with van der Waals surface area (Å²) in [6.07, 6.45) is 0. The van der Waals surface area contributed by atoms with Gasteiger partial charge < -0.3 is 4.57 Å². The fourth-order valence-electron chi connectivity index (χ4n) is 9.95. The van der Waals surface area contributed by atoms with Crippen molar-refractivity contribution in [2.75, 3.05) is 0 Å². The molecule has 0 saturated heterocycles. The van der Waals surface area contributed by atoms with E-state index in [2.05, 4.69) is 206 Å². The summed E-state index contributed by atoms with van der Waals surface area (Å²) in [7, 11) is -2.86. The summed E-state index contributed by atoms with van der Waals surface area (Å²) < 4.78 is 2.52. The van der Waals surface area contributed by atoms with Crippen molar-refractivity contribution in [2.24, 2.45) is 0 Å². The van der Waals surface area contributed by atoms with E-state index < -0.39 is 8.07 Å². The van der Waals surface area contributed by atoms with Gasteiger partial charge in [0.15, 0.2) is 8.07 Å². The van der Waals surface area contributed by atoms with Gasteiger partial charge in [-0.25, -0.2) is 0 Å². The Hall–Kier alpha value is -6.22. The molecule has 9 aromatic rings. The van der Waals surface area contributed by atoms with Crippen molar-refractivity contribution in [3.8, 4) is 39.1 Å². The first-order valence-electron chi connectivity index (χ1n) is 18.7. The molecule has 8 aromatic carbocycles. The van der Waals surface area contributed by atoms with Crippen LogP contribution in [0.15, 0.2) is 188 Å². The van der Waals surface area contributed by atoms with Gasteiger partial charge in [0, 0.05) is 27.4 Å². The van der Waals surface area contributed by atoms with E-state index in [0.29, 0.717) is 0 Å². The Kier molecular flexibility index (Phi) is 6.39. The highest BCUT2D eigenvalue weighted by Gasteiger charge is 2.50. The fraction of sp³-hybridized carbons (Fsp3) is 0.0588. The van der Waals surface area contributed by atoms with Gasteiger partial charge >= 0.3 is 0 Å². The van der Waals surface area contributed by atoms with Gasteiger partial charge in [-0.15, -0.1) is 0 Å². The zero-order valence-electron chi connectivity index (χ0n) is 29.8. The number of para-hydroxylation sites is 2. The number of benzene rings is 8. The first kappa shape index (κ1) is 30.4. The van der Waals surface area contributed by atoms with Crippen molar-refractivity contribution in [1.82, 2.24) is 4.57 Å². The van der Waals surface area contributed by atoms with E-state index >= 15 is 0 Å². The lowest BCUT2D eigenvalue weighted by Gasteiger charge is -2.32. The largest absolute Gasteiger partial charge is 0.309 e. The fourth-order valence-corrected chi connectivity index (χ4v) is 15.1. The molecule has 53 heavy (non-hydrogen) atoms. The van der Waals surface area contributed by atoms with E-state index in [1.807, 2.05) is 0 Å². The van der Waals surface area contributed by atoms with Crippen LogP contribution < -0.4 is 20.7 Å². The molecule has 0 bridgehead atoms. The van der Waals surface area contributed by atoms with E-state index in [1.165, 1.54) is 92.7 Å². The van der Waals surface area contributed by atoms with Gasteiger partial charge in [0.1, 0.15) is 0 Å². The van der Waals surface area contributed by atoms with Gasteiger partial charge in [0.25, 0.3) is 0 Å². The van der Waals surface area contributed by atoms with Crippen molar-refractivity contribution in [2.45, 2.75) is 19.3 Å². The van der Waals surface area contributed by atoms with E-state index in [4.69, 9.17) is 0 Å². The number of hydrogen-bond acceptors (Lipinski definition) is 0. The standard InChI is InChI=1S/C51H37NSi/c1-51(2)44-22-12-9-19-39(44)43-33-38(29-31-45(43)51)53(37-27-25-35(26-28-37)34-15-5-3-6-16-34)47-24-14-11-21-42(47)49-48(53)32-30-41-40-20-10-13-23-46(40)52(50(41)49)36-17-7-4-8-18-36/h3-33H,1-2H3. The molecular formula is C51H37NSi. The number of aromatic nitrogens is 1. The molecule has 0 amide bonds. The lowest BCUT2D eigenvalue weighted by atomic mass is 9.82. The Labute approximate surface area is 311 Å². The number of fused-ring (bicyclic) bond motifs is 10. The number of hydrogen-bond donors (Lipinski definition) is 0. The average molecular weight is 692 g/mol. The second kappa shape index (κ2) is 11.1. The van der Waals surface area contributed by atoms with Crippen LogP contribution in [0.3, 0.4) is 0 Å². The van der Waals surface area contributed by atoms with E-state index in [1.54, 1.807) is 0 Å². The predicted octanol–water partition coefficient (Wildman–Crippen LogP) is 10.1. The maximum atomic E-state index is 2.59. The van der Waals surface area contributed by atoms with Crippen molar-refractivity contribution in [3.63, 3.8) is 0 Å². The van der Waals surface area contributed by atoms with Crippen molar-refractivity contribution < 1.29 is 0 Å². The zero-order valence-corrected chi connectivity index (χ0v) is 30.8. The van der Waals surface area contributed by atoms with Gasteiger partial charge in [-0.05, 0) is 77.9 Å². The molecule has 1 aliphatic heterocycles. The molecule has 0 radical (unpaired) electrons. The van der Waals surface area contributed by atoms with Crippen LogP contribution in [0.4, 0.5) is 0 Å². The lowest BCUT2D eigenvalue weighted by molar-refractivity contribution is 0.660. The van der Waals surface area contributed by atoms with Gasteiger partial charge in [0.05, 0.1) is 11.0 Å². The maximum absolute atomic E-state index is 2.86. The zero-order chi connectivity index (χ0) is 35.3. The number of nitrogens with zero attached hydrogens (tertiary/aromatic N) is 1. The predicted molar refractivity (Wildman–Crippen MR) is 226 cm³/mol. The van der Waals surface area contributed by atoms with Crippen LogP contribution in [-0.4, -0.2) is 12.6 Å².